The summed E-state index contributed by atoms with van der Waals surface area (Å²) in [5.41, 5.74) is 6.71. The first-order chi connectivity index (χ1) is 5.75. The quantitative estimate of drug-likeness (QED) is 0.722. The summed E-state index contributed by atoms with van der Waals surface area (Å²) in [7, 11) is 0. The van der Waals surface area contributed by atoms with E-state index in [9.17, 15) is 4.79 Å². The van der Waals surface area contributed by atoms with Gasteiger partial charge in [0.15, 0.2) is 0 Å². The molecule has 0 unspecified atom stereocenters. The highest BCUT2D eigenvalue weighted by molar-refractivity contribution is 5.94. The molecule has 0 heterocycles. The van der Waals surface area contributed by atoms with Crippen LogP contribution in [-0.4, -0.2) is 5.91 Å². The number of amides is 1. The van der Waals surface area contributed by atoms with Crippen molar-refractivity contribution < 1.29 is 4.79 Å². The molecule has 2 heteroatoms. The van der Waals surface area contributed by atoms with Crippen molar-refractivity contribution in [3.05, 3.63) is 41.8 Å². The highest BCUT2D eigenvalue weighted by atomic mass is 16.1. The van der Waals surface area contributed by atoms with Crippen molar-refractivity contribution in [2.24, 2.45) is 5.73 Å². The van der Waals surface area contributed by atoms with Crippen LogP contribution in [0.5, 0.6) is 0 Å². The number of carbonyl (C=O) groups excluding carboxylic acids is 1. The summed E-state index contributed by atoms with van der Waals surface area (Å²) in [4.78, 5) is 10.9. The van der Waals surface area contributed by atoms with Gasteiger partial charge in [0.05, 0.1) is 0 Å². The van der Waals surface area contributed by atoms with Crippen LogP contribution in [-0.2, 0) is 0 Å². The van der Waals surface area contributed by atoms with Gasteiger partial charge in [-0.3, -0.25) is 4.79 Å². The van der Waals surface area contributed by atoms with Gasteiger partial charge >= 0.3 is 0 Å². The lowest BCUT2D eigenvalue weighted by atomic mass is 10.0. The van der Waals surface area contributed by atoms with Crippen molar-refractivity contribution >= 4 is 5.91 Å². The fourth-order valence-electron chi connectivity index (χ4n) is 1.12. The van der Waals surface area contributed by atoms with E-state index < -0.39 is 0 Å². The minimum absolute atomic E-state index is 0.365. The molecule has 2 N–H and O–H groups in total. The summed E-state index contributed by atoms with van der Waals surface area (Å²) in [5.74, 6) is -0.365. The van der Waals surface area contributed by atoms with Crippen molar-refractivity contribution in [1.82, 2.24) is 0 Å². The summed E-state index contributed by atoms with van der Waals surface area (Å²) >= 11 is 0. The number of benzene rings is 1. The molecule has 0 saturated heterocycles. The standard InChI is InChI=1S/C10H12NO/c1-2-5-8-6-3-4-7-9(8)10(11)12/h3-7H,2H2,1H3,(H2,11,12). The summed E-state index contributed by atoms with van der Waals surface area (Å²) in [5, 5.41) is 0. The van der Waals surface area contributed by atoms with Gasteiger partial charge in [-0.15, -0.1) is 0 Å². The van der Waals surface area contributed by atoms with Crippen molar-refractivity contribution in [2.45, 2.75) is 13.3 Å². The summed E-state index contributed by atoms with van der Waals surface area (Å²) in [6.07, 6.45) is 2.89. The molecule has 0 saturated carbocycles. The number of nitrogens with two attached hydrogens (primary N) is 1. The molecule has 12 heavy (non-hydrogen) atoms. The summed E-state index contributed by atoms with van der Waals surface area (Å²) in [6.45, 7) is 2.03. The Balaban J connectivity index is 3.00. The maximum absolute atomic E-state index is 10.9. The highest BCUT2D eigenvalue weighted by Gasteiger charge is 2.04. The van der Waals surface area contributed by atoms with Crippen LogP contribution < -0.4 is 5.73 Å². The molecule has 0 aliphatic carbocycles. The number of carbonyl (C=O) groups is 1. The first-order valence-corrected chi connectivity index (χ1v) is 3.97. The van der Waals surface area contributed by atoms with Gasteiger partial charge in [0.25, 0.3) is 0 Å². The molecule has 63 valence electrons. The molecule has 0 bridgehead atoms. The second-order valence-electron chi connectivity index (χ2n) is 2.56. The van der Waals surface area contributed by atoms with Crippen LogP contribution >= 0.6 is 0 Å². The van der Waals surface area contributed by atoms with E-state index in [2.05, 4.69) is 0 Å². The molecule has 2 nitrogen and oxygen atoms in total. The van der Waals surface area contributed by atoms with E-state index in [1.807, 2.05) is 31.5 Å². The summed E-state index contributed by atoms with van der Waals surface area (Å²) in [6, 6.07) is 7.34. The van der Waals surface area contributed by atoms with E-state index in [0.29, 0.717) is 5.56 Å². The molecule has 0 atom stereocenters. The van der Waals surface area contributed by atoms with Crippen LogP contribution in [0.4, 0.5) is 0 Å². The molecule has 1 rings (SSSR count). The van der Waals surface area contributed by atoms with Gasteiger partial charge in [-0.25, -0.2) is 0 Å². The average molecular weight is 162 g/mol. The van der Waals surface area contributed by atoms with Crippen LogP contribution in [0.15, 0.2) is 24.3 Å². The first-order valence-electron chi connectivity index (χ1n) is 3.97. The number of hydrogen-bond donors (Lipinski definition) is 1. The Labute approximate surface area is 72.4 Å². The van der Waals surface area contributed by atoms with Crippen molar-refractivity contribution in [3.63, 3.8) is 0 Å². The van der Waals surface area contributed by atoms with E-state index in [-0.39, 0.29) is 5.91 Å². The second-order valence-corrected chi connectivity index (χ2v) is 2.56. The van der Waals surface area contributed by atoms with E-state index in [1.165, 1.54) is 0 Å². The predicted molar refractivity (Wildman–Crippen MR) is 48.7 cm³/mol. The second kappa shape index (κ2) is 3.90. The molecule has 1 radical (unpaired) electrons. The maximum Gasteiger partial charge on any atom is 0.248 e. The molecule has 0 fully saturated rings. The Bertz CT molecular complexity index is 281. The van der Waals surface area contributed by atoms with Gasteiger partial charge in [0.2, 0.25) is 5.91 Å². The SMILES string of the molecule is CC[CH]c1ccccc1C(N)=O. The Kier molecular flexibility index (Phi) is 2.86. The molecular formula is C10H12NO. The van der Waals surface area contributed by atoms with Gasteiger partial charge in [-0.2, -0.15) is 0 Å². The third kappa shape index (κ3) is 1.84. The normalized spacial score (nSPS) is 9.75. The average Bonchev–Trinajstić information content (AvgIpc) is 2.05. The third-order valence-corrected chi connectivity index (χ3v) is 1.65. The Morgan fingerprint density at radius 1 is 1.50 bits per heavy atom. The smallest absolute Gasteiger partial charge is 0.248 e. The van der Waals surface area contributed by atoms with Gasteiger partial charge in [0.1, 0.15) is 0 Å². The number of hydrogen-bond acceptors (Lipinski definition) is 1. The van der Waals surface area contributed by atoms with Gasteiger partial charge in [0, 0.05) is 5.56 Å². The minimum atomic E-state index is -0.365. The van der Waals surface area contributed by atoms with Crippen LogP contribution in [0.25, 0.3) is 0 Å². The zero-order chi connectivity index (χ0) is 8.97. The predicted octanol–water partition coefficient (Wildman–Crippen LogP) is 1.75. The lowest BCUT2D eigenvalue weighted by Crippen LogP contribution is -2.13. The number of rotatable bonds is 3. The molecular weight excluding hydrogens is 150 g/mol. The molecule has 1 aromatic carbocycles. The van der Waals surface area contributed by atoms with E-state index in [4.69, 9.17) is 5.73 Å². The van der Waals surface area contributed by atoms with E-state index in [0.717, 1.165) is 12.0 Å². The van der Waals surface area contributed by atoms with Crippen LogP contribution in [0.2, 0.25) is 0 Å². The van der Waals surface area contributed by atoms with Crippen molar-refractivity contribution in [3.8, 4) is 0 Å². The highest BCUT2D eigenvalue weighted by Crippen LogP contribution is 2.11. The lowest BCUT2D eigenvalue weighted by molar-refractivity contribution is 0.1000. The van der Waals surface area contributed by atoms with Crippen molar-refractivity contribution in [2.75, 3.05) is 0 Å². The minimum Gasteiger partial charge on any atom is -0.366 e. The maximum atomic E-state index is 10.9. The van der Waals surface area contributed by atoms with E-state index in [1.54, 1.807) is 6.07 Å². The molecule has 0 aromatic heterocycles. The van der Waals surface area contributed by atoms with Crippen LogP contribution in [0.1, 0.15) is 29.3 Å². The largest absolute Gasteiger partial charge is 0.366 e. The topological polar surface area (TPSA) is 43.1 Å². The molecule has 0 aliphatic rings. The third-order valence-electron chi connectivity index (χ3n) is 1.65. The molecule has 1 aromatic rings. The van der Waals surface area contributed by atoms with Gasteiger partial charge in [-0.05, 0) is 24.5 Å². The molecule has 0 aliphatic heterocycles. The van der Waals surface area contributed by atoms with Gasteiger partial charge in [-0.1, -0.05) is 25.1 Å². The first kappa shape index (κ1) is 8.78. The monoisotopic (exact) mass is 162 g/mol. The zero-order valence-corrected chi connectivity index (χ0v) is 7.08. The lowest BCUT2D eigenvalue weighted by Gasteiger charge is -2.02. The zero-order valence-electron chi connectivity index (χ0n) is 7.08. The van der Waals surface area contributed by atoms with Gasteiger partial charge < -0.3 is 5.73 Å². The Hall–Kier alpha value is -1.31. The fraction of sp³-hybridized carbons (Fsp3) is 0.200. The Morgan fingerprint density at radius 2 is 2.17 bits per heavy atom. The van der Waals surface area contributed by atoms with Crippen LogP contribution in [0.3, 0.4) is 0 Å². The summed E-state index contributed by atoms with van der Waals surface area (Å²) < 4.78 is 0. The fourth-order valence-corrected chi connectivity index (χ4v) is 1.12. The van der Waals surface area contributed by atoms with E-state index >= 15 is 0 Å². The van der Waals surface area contributed by atoms with Crippen LogP contribution in [0, 0.1) is 6.42 Å². The molecule has 0 spiro atoms. The number of primary amides is 1. The molecule has 1 amide bonds. The van der Waals surface area contributed by atoms with Crippen molar-refractivity contribution in [1.29, 1.82) is 0 Å². The Morgan fingerprint density at radius 3 is 2.75 bits per heavy atom.